The summed E-state index contributed by atoms with van der Waals surface area (Å²) < 4.78 is 2.81. The first-order valence-electron chi connectivity index (χ1n) is 12.2. The molecule has 1 aliphatic carbocycles. The predicted molar refractivity (Wildman–Crippen MR) is 143 cm³/mol. The monoisotopic (exact) mass is 524 g/mol. The zero-order valence-corrected chi connectivity index (χ0v) is 21.6. The SMILES string of the molecule is Cc1cc2ccc(CNC(=O)c3cc(C(=O)N[C@H]4CCc5cc(-c6nnnn6C)ccc54)ncn3)cc2s1. The summed E-state index contributed by atoms with van der Waals surface area (Å²) in [6.45, 7) is 2.44. The molecule has 2 N–H and O–H groups in total. The molecule has 38 heavy (non-hydrogen) atoms. The molecule has 2 aromatic carbocycles. The largest absolute Gasteiger partial charge is 0.347 e. The number of hydrogen-bond acceptors (Lipinski definition) is 8. The summed E-state index contributed by atoms with van der Waals surface area (Å²) in [6.07, 6.45) is 2.84. The summed E-state index contributed by atoms with van der Waals surface area (Å²) in [5.41, 5.74) is 4.43. The average molecular weight is 525 g/mol. The molecule has 11 heteroatoms. The van der Waals surface area contributed by atoms with Gasteiger partial charge in [0.05, 0.1) is 6.04 Å². The van der Waals surface area contributed by atoms with E-state index in [9.17, 15) is 9.59 Å². The maximum Gasteiger partial charge on any atom is 0.270 e. The molecule has 0 fully saturated rings. The highest BCUT2D eigenvalue weighted by Gasteiger charge is 2.26. The number of thiophene rings is 1. The highest BCUT2D eigenvalue weighted by molar-refractivity contribution is 7.19. The number of carbonyl (C=O) groups is 2. The van der Waals surface area contributed by atoms with Gasteiger partial charge in [-0.15, -0.1) is 16.4 Å². The molecule has 1 atom stereocenters. The number of amides is 2. The van der Waals surface area contributed by atoms with Crippen molar-refractivity contribution in [1.29, 1.82) is 0 Å². The second kappa shape index (κ2) is 9.75. The van der Waals surface area contributed by atoms with Crippen molar-refractivity contribution in [2.24, 2.45) is 7.05 Å². The molecule has 1 aliphatic rings. The van der Waals surface area contributed by atoms with Crippen molar-refractivity contribution < 1.29 is 9.59 Å². The number of aryl methyl sites for hydroxylation is 3. The molecule has 0 saturated heterocycles. The van der Waals surface area contributed by atoms with Crippen molar-refractivity contribution >= 4 is 33.2 Å². The normalized spacial score (nSPS) is 14.4. The third-order valence-corrected chi connectivity index (χ3v) is 7.71. The molecule has 0 bridgehead atoms. The van der Waals surface area contributed by atoms with Crippen molar-refractivity contribution in [1.82, 2.24) is 40.8 Å². The van der Waals surface area contributed by atoms with Crippen molar-refractivity contribution in [2.45, 2.75) is 32.4 Å². The highest BCUT2D eigenvalue weighted by atomic mass is 32.1. The Kier molecular flexibility index (Phi) is 6.12. The lowest BCUT2D eigenvalue weighted by atomic mass is 10.0. The van der Waals surface area contributed by atoms with Crippen molar-refractivity contribution in [2.75, 3.05) is 0 Å². The molecule has 0 spiro atoms. The number of hydrogen-bond donors (Lipinski definition) is 2. The van der Waals surface area contributed by atoms with Gasteiger partial charge in [0.15, 0.2) is 5.82 Å². The van der Waals surface area contributed by atoms with Crippen LogP contribution in [-0.4, -0.2) is 42.0 Å². The molecule has 3 aromatic heterocycles. The Morgan fingerprint density at radius 1 is 1.05 bits per heavy atom. The number of nitrogens with zero attached hydrogens (tertiary/aromatic N) is 6. The lowest BCUT2D eigenvalue weighted by Gasteiger charge is -2.14. The maximum absolute atomic E-state index is 13.0. The van der Waals surface area contributed by atoms with Crippen LogP contribution in [0.25, 0.3) is 21.5 Å². The van der Waals surface area contributed by atoms with E-state index in [1.165, 1.54) is 27.4 Å². The fraction of sp³-hybridized carbons (Fsp3) is 0.222. The average Bonchev–Trinajstić information content (AvgIpc) is 3.64. The van der Waals surface area contributed by atoms with Gasteiger partial charge in [0, 0.05) is 34.8 Å². The van der Waals surface area contributed by atoms with E-state index in [-0.39, 0.29) is 29.2 Å². The van der Waals surface area contributed by atoms with Crippen molar-refractivity contribution in [3.8, 4) is 11.4 Å². The van der Waals surface area contributed by atoms with E-state index in [2.05, 4.69) is 67.3 Å². The van der Waals surface area contributed by atoms with Gasteiger partial charge in [-0.2, -0.15) is 0 Å². The molecule has 3 heterocycles. The minimum absolute atomic E-state index is 0.145. The van der Waals surface area contributed by atoms with Crippen LogP contribution in [-0.2, 0) is 20.0 Å². The van der Waals surface area contributed by atoms with E-state index in [1.54, 1.807) is 23.1 Å². The number of fused-ring (bicyclic) bond motifs is 2. The van der Waals surface area contributed by atoms with Gasteiger partial charge >= 0.3 is 0 Å². The van der Waals surface area contributed by atoms with Gasteiger partial charge in [0.25, 0.3) is 11.8 Å². The first-order valence-corrected chi connectivity index (χ1v) is 13.0. The van der Waals surface area contributed by atoms with Gasteiger partial charge in [-0.3, -0.25) is 9.59 Å². The van der Waals surface area contributed by atoms with Crippen LogP contribution in [0.15, 0.2) is 54.9 Å². The Balaban J connectivity index is 1.11. The summed E-state index contributed by atoms with van der Waals surface area (Å²) in [7, 11) is 1.80. The molecule has 0 unspecified atom stereocenters. The molecule has 190 valence electrons. The van der Waals surface area contributed by atoms with Crippen LogP contribution in [0.1, 0.15) is 55.0 Å². The zero-order valence-electron chi connectivity index (χ0n) is 20.8. The van der Waals surface area contributed by atoms with Gasteiger partial charge < -0.3 is 10.6 Å². The highest BCUT2D eigenvalue weighted by Crippen LogP contribution is 2.34. The number of aromatic nitrogens is 6. The lowest BCUT2D eigenvalue weighted by molar-refractivity contribution is 0.0931. The Morgan fingerprint density at radius 2 is 1.89 bits per heavy atom. The molecular weight excluding hydrogens is 500 g/mol. The van der Waals surface area contributed by atoms with Crippen LogP contribution in [0, 0.1) is 6.92 Å². The van der Waals surface area contributed by atoms with E-state index in [0.717, 1.165) is 35.1 Å². The number of nitrogens with one attached hydrogen (secondary N) is 2. The van der Waals surface area contributed by atoms with Gasteiger partial charge in [0.2, 0.25) is 0 Å². The molecule has 2 amide bonds. The minimum atomic E-state index is -0.360. The first-order chi connectivity index (χ1) is 18.4. The minimum Gasteiger partial charge on any atom is -0.347 e. The molecule has 6 rings (SSSR count). The fourth-order valence-electron chi connectivity index (χ4n) is 4.81. The zero-order chi connectivity index (χ0) is 26.2. The van der Waals surface area contributed by atoms with E-state index in [0.29, 0.717) is 12.4 Å². The van der Waals surface area contributed by atoms with Crippen LogP contribution in [0.3, 0.4) is 0 Å². The van der Waals surface area contributed by atoms with Gasteiger partial charge in [0.1, 0.15) is 17.7 Å². The smallest absolute Gasteiger partial charge is 0.270 e. The molecular formula is C27H24N8O2S. The van der Waals surface area contributed by atoms with E-state index in [1.807, 2.05) is 18.2 Å². The number of carbonyl (C=O) groups excluding carboxylic acids is 2. The van der Waals surface area contributed by atoms with E-state index < -0.39 is 0 Å². The second-order valence-electron chi connectivity index (χ2n) is 9.30. The second-order valence-corrected chi connectivity index (χ2v) is 10.6. The Hall–Kier alpha value is -4.51. The summed E-state index contributed by atoms with van der Waals surface area (Å²) in [5, 5.41) is 18.8. The quantitative estimate of drug-likeness (QED) is 0.348. The fourth-order valence-corrected chi connectivity index (χ4v) is 5.80. The Bertz CT molecular complexity index is 1690. The predicted octanol–water partition coefficient (Wildman–Crippen LogP) is 3.54. The number of benzene rings is 2. The topological polar surface area (TPSA) is 128 Å². The third-order valence-electron chi connectivity index (χ3n) is 6.70. The standard InChI is InChI=1S/C27H24N8O2S/c1-15-9-18-4-3-16(10-24(18)38-15)13-28-26(36)22-12-23(30-14-29-22)27(37)31-21-8-6-17-11-19(5-7-20(17)21)25-32-33-34-35(25)2/h3-5,7,9-12,14,21H,6,8,13H2,1-2H3,(H,28,36)(H,31,37)/t21-/m0/s1. The van der Waals surface area contributed by atoms with Gasteiger partial charge in [-0.25, -0.2) is 14.6 Å². The lowest BCUT2D eigenvalue weighted by Crippen LogP contribution is -2.29. The molecule has 0 aliphatic heterocycles. The summed E-state index contributed by atoms with van der Waals surface area (Å²) in [4.78, 5) is 35.2. The molecule has 10 nitrogen and oxygen atoms in total. The van der Waals surface area contributed by atoms with Crippen molar-refractivity contribution in [3.05, 3.63) is 87.8 Å². The van der Waals surface area contributed by atoms with E-state index in [4.69, 9.17) is 0 Å². The number of rotatable bonds is 6. The maximum atomic E-state index is 13.0. The van der Waals surface area contributed by atoms with Gasteiger partial charge in [-0.05, 0) is 70.5 Å². The summed E-state index contributed by atoms with van der Waals surface area (Å²) in [6, 6.07) is 15.6. The van der Waals surface area contributed by atoms with Gasteiger partial charge in [-0.1, -0.05) is 24.3 Å². The van der Waals surface area contributed by atoms with Crippen LogP contribution >= 0.6 is 11.3 Å². The Labute approximate surface area is 222 Å². The first kappa shape index (κ1) is 23.9. The molecule has 0 saturated carbocycles. The van der Waals surface area contributed by atoms with Crippen LogP contribution in [0.5, 0.6) is 0 Å². The number of tetrazole rings is 1. The van der Waals surface area contributed by atoms with E-state index >= 15 is 0 Å². The van der Waals surface area contributed by atoms with Crippen LogP contribution < -0.4 is 10.6 Å². The van der Waals surface area contributed by atoms with Crippen molar-refractivity contribution in [3.63, 3.8) is 0 Å². The summed E-state index contributed by atoms with van der Waals surface area (Å²) >= 11 is 1.72. The molecule has 0 radical (unpaired) electrons. The Morgan fingerprint density at radius 3 is 2.71 bits per heavy atom. The van der Waals surface area contributed by atoms with Crippen LogP contribution in [0.2, 0.25) is 0 Å². The third kappa shape index (κ3) is 4.63. The van der Waals surface area contributed by atoms with Crippen LogP contribution in [0.4, 0.5) is 0 Å². The molecule has 5 aromatic rings. The summed E-state index contributed by atoms with van der Waals surface area (Å²) in [5.74, 6) is -0.0189.